The monoisotopic (exact) mass is 353 g/mol. The second-order valence-corrected chi connectivity index (χ2v) is 6.92. The minimum Gasteiger partial charge on any atom is -0.367 e. The molecule has 0 heterocycles. The van der Waals surface area contributed by atoms with Crippen LogP contribution in [0.3, 0.4) is 0 Å². The molecule has 2 nitrogen and oxygen atoms in total. The summed E-state index contributed by atoms with van der Waals surface area (Å²) in [5.74, 6) is 0.161. The minimum atomic E-state index is 0.161. The van der Waals surface area contributed by atoms with E-state index in [1.54, 1.807) is 0 Å². The molecule has 134 valence electrons. The Labute approximate surface area is 160 Å². The summed E-state index contributed by atoms with van der Waals surface area (Å²) in [6.07, 6.45) is 2.76. The van der Waals surface area contributed by atoms with Gasteiger partial charge in [-0.05, 0) is 41.8 Å². The first-order chi connectivity index (χ1) is 13.2. The largest absolute Gasteiger partial charge is 0.367 e. The second kappa shape index (κ2) is 7.63. The van der Waals surface area contributed by atoms with E-state index < -0.39 is 0 Å². The molecule has 0 spiro atoms. The van der Waals surface area contributed by atoms with Gasteiger partial charge in [0.1, 0.15) is 0 Å². The van der Waals surface area contributed by atoms with Gasteiger partial charge in [-0.2, -0.15) is 0 Å². The molecule has 0 radical (unpaired) electrons. The summed E-state index contributed by atoms with van der Waals surface area (Å²) in [4.78, 5) is 14.9. The number of carbonyl (C=O) groups is 1. The highest BCUT2D eigenvalue weighted by molar-refractivity contribution is 6.15. The van der Waals surface area contributed by atoms with Crippen molar-refractivity contribution in [1.29, 1.82) is 0 Å². The van der Waals surface area contributed by atoms with E-state index in [2.05, 4.69) is 60.4 Å². The van der Waals surface area contributed by atoms with Gasteiger partial charge in [-0.3, -0.25) is 4.79 Å². The summed E-state index contributed by atoms with van der Waals surface area (Å²) in [6.45, 7) is 4.02. The molecule has 0 N–H and O–H groups in total. The number of hydrogen-bond donors (Lipinski definition) is 0. The van der Waals surface area contributed by atoms with Crippen LogP contribution in [0.5, 0.6) is 0 Å². The van der Waals surface area contributed by atoms with Crippen molar-refractivity contribution in [2.24, 2.45) is 0 Å². The number of ketones is 1. The van der Waals surface area contributed by atoms with E-state index in [4.69, 9.17) is 0 Å². The number of Topliss-reactive ketones (excluding diaryl/α,β-unsaturated/α-hetero) is 1. The molecule has 0 unspecified atom stereocenters. The zero-order chi connectivity index (χ0) is 18.6. The maximum Gasteiger partial charge on any atom is 0.189 e. The van der Waals surface area contributed by atoms with E-state index in [0.29, 0.717) is 0 Å². The minimum absolute atomic E-state index is 0.161. The summed E-state index contributed by atoms with van der Waals surface area (Å²) >= 11 is 0. The lowest BCUT2D eigenvalue weighted by Gasteiger charge is -2.23. The quantitative estimate of drug-likeness (QED) is 0.562. The fourth-order valence-electron chi connectivity index (χ4n) is 3.64. The van der Waals surface area contributed by atoms with Crippen LogP contribution < -0.4 is 4.90 Å². The Kier molecular flexibility index (Phi) is 4.88. The Balaban J connectivity index is 1.51. The van der Waals surface area contributed by atoms with Crippen molar-refractivity contribution in [3.8, 4) is 0 Å². The van der Waals surface area contributed by atoms with E-state index in [0.717, 1.165) is 41.8 Å². The summed E-state index contributed by atoms with van der Waals surface area (Å²) in [5.41, 5.74) is 6.43. The zero-order valence-electron chi connectivity index (χ0n) is 15.6. The number of rotatable bonds is 5. The van der Waals surface area contributed by atoms with E-state index in [1.165, 1.54) is 11.3 Å². The van der Waals surface area contributed by atoms with Crippen LogP contribution in [-0.2, 0) is 13.0 Å². The lowest BCUT2D eigenvalue weighted by molar-refractivity contribution is 0.104. The van der Waals surface area contributed by atoms with Crippen molar-refractivity contribution in [2.75, 3.05) is 11.4 Å². The fraction of sp³-hybridized carbons (Fsp3) is 0.160. The van der Waals surface area contributed by atoms with Crippen LogP contribution >= 0.6 is 0 Å². The van der Waals surface area contributed by atoms with Crippen molar-refractivity contribution in [3.63, 3.8) is 0 Å². The lowest BCUT2D eigenvalue weighted by Crippen LogP contribution is -2.21. The number of anilines is 1. The molecule has 0 saturated carbocycles. The smallest absolute Gasteiger partial charge is 0.189 e. The van der Waals surface area contributed by atoms with Crippen molar-refractivity contribution < 1.29 is 4.79 Å². The topological polar surface area (TPSA) is 20.3 Å². The normalized spacial score (nSPS) is 14.4. The number of hydrogen-bond acceptors (Lipinski definition) is 2. The molecule has 0 amide bonds. The SMILES string of the molecule is CCN(Cc1ccccc1)c1ccc(/C=C2\Cc3ccccc3C2=O)cc1. The van der Waals surface area contributed by atoms with Crippen LogP contribution in [0.1, 0.15) is 34.0 Å². The van der Waals surface area contributed by atoms with Gasteiger partial charge < -0.3 is 4.90 Å². The van der Waals surface area contributed by atoms with Crippen molar-refractivity contribution in [1.82, 2.24) is 0 Å². The van der Waals surface area contributed by atoms with Gasteiger partial charge in [-0.15, -0.1) is 0 Å². The van der Waals surface area contributed by atoms with E-state index in [9.17, 15) is 4.79 Å². The molecule has 0 atom stereocenters. The van der Waals surface area contributed by atoms with Gasteiger partial charge in [0.25, 0.3) is 0 Å². The Morgan fingerprint density at radius 1 is 0.889 bits per heavy atom. The highest BCUT2D eigenvalue weighted by atomic mass is 16.1. The first kappa shape index (κ1) is 17.3. The van der Waals surface area contributed by atoms with Gasteiger partial charge in [-0.25, -0.2) is 0 Å². The Bertz CT molecular complexity index is 971. The van der Waals surface area contributed by atoms with Crippen molar-refractivity contribution in [3.05, 3.63) is 107 Å². The predicted molar refractivity (Wildman–Crippen MR) is 112 cm³/mol. The summed E-state index contributed by atoms with van der Waals surface area (Å²) < 4.78 is 0. The molecule has 27 heavy (non-hydrogen) atoms. The van der Waals surface area contributed by atoms with E-state index in [-0.39, 0.29) is 5.78 Å². The molecular formula is C25H23NO. The van der Waals surface area contributed by atoms with Gasteiger partial charge in [-0.1, -0.05) is 66.7 Å². The van der Waals surface area contributed by atoms with Crippen LogP contribution in [0.15, 0.2) is 84.4 Å². The molecular weight excluding hydrogens is 330 g/mol. The molecule has 2 heteroatoms. The average molecular weight is 353 g/mol. The standard InChI is InChI=1S/C25H23NO/c1-2-26(18-20-8-4-3-5-9-20)23-14-12-19(13-15-23)16-22-17-21-10-6-7-11-24(21)25(22)27/h3-16H,2,17-18H2,1H3/b22-16+. The molecule has 3 aromatic rings. The van der Waals surface area contributed by atoms with Crippen LogP contribution in [0.25, 0.3) is 6.08 Å². The number of allylic oxidation sites excluding steroid dienone is 1. The average Bonchev–Trinajstić information content (AvgIpc) is 3.03. The van der Waals surface area contributed by atoms with E-state index >= 15 is 0 Å². The highest BCUT2D eigenvalue weighted by Crippen LogP contribution is 2.28. The maximum atomic E-state index is 12.5. The second-order valence-electron chi connectivity index (χ2n) is 6.92. The zero-order valence-corrected chi connectivity index (χ0v) is 15.6. The molecule has 0 fully saturated rings. The number of nitrogens with zero attached hydrogens (tertiary/aromatic N) is 1. The first-order valence-electron chi connectivity index (χ1n) is 9.46. The molecule has 0 aliphatic heterocycles. The van der Waals surface area contributed by atoms with Gasteiger partial charge in [0.05, 0.1) is 0 Å². The summed E-state index contributed by atoms with van der Waals surface area (Å²) in [5, 5.41) is 0. The molecule has 0 aromatic heterocycles. The van der Waals surface area contributed by atoms with Crippen molar-refractivity contribution in [2.45, 2.75) is 19.9 Å². The van der Waals surface area contributed by atoms with Gasteiger partial charge in [0, 0.05) is 36.3 Å². The van der Waals surface area contributed by atoms with Gasteiger partial charge in [0.2, 0.25) is 0 Å². The van der Waals surface area contributed by atoms with Crippen LogP contribution in [0.4, 0.5) is 5.69 Å². The fourth-order valence-corrected chi connectivity index (χ4v) is 3.64. The Morgan fingerprint density at radius 2 is 1.59 bits per heavy atom. The van der Waals surface area contributed by atoms with E-state index in [1.807, 2.05) is 36.4 Å². The molecule has 0 bridgehead atoms. The molecule has 0 saturated heterocycles. The van der Waals surface area contributed by atoms with Crippen LogP contribution in [-0.4, -0.2) is 12.3 Å². The van der Waals surface area contributed by atoms with Gasteiger partial charge in [0.15, 0.2) is 5.78 Å². The predicted octanol–water partition coefficient (Wildman–Crippen LogP) is 5.54. The van der Waals surface area contributed by atoms with Gasteiger partial charge >= 0.3 is 0 Å². The Hall–Kier alpha value is -3.13. The number of fused-ring (bicyclic) bond motifs is 1. The third-order valence-electron chi connectivity index (χ3n) is 5.13. The lowest BCUT2D eigenvalue weighted by atomic mass is 10.1. The van der Waals surface area contributed by atoms with Crippen LogP contribution in [0, 0.1) is 0 Å². The first-order valence-corrected chi connectivity index (χ1v) is 9.46. The molecule has 1 aliphatic rings. The van der Waals surface area contributed by atoms with Crippen LogP contribution in [0.2, 0.25) is 0 Å². The third kappa shape index (κ3) is 3.70. The maximum absolute atomic E-state index is 12.5. The molecule has 3 aromatic carbocycles. The number of carbonyl (C=O) groups excluding carboxylic acids is 1. The highest BCUT2D eigenvalue weighted by Gasteiger charge is 2.23. The number of benzene rings is 3. The molecule has 4 rings (SSSR count). The summed E-state index contributed by atoms with van der Waals surface area (Å²) in [6, 6.07) is 26.9. The van der Waals surface area contributed by atoms with Crippen molar-refractivity contribution >= 4 is 17.5 Å². The summed E-state index contributed by atoms with van der Waals surface area (Å²) in [7, 11) is 0. The Morgan fingerprint density at radius 3 is 2.30 bits per heavy atom. The third-order valence-corrected chi connectivity index (χ3v) is 5.13. The molecule has 1 aliphatic carbocycles.